The summed E-state index contributed by atoms with van der Waals surface area (Å²) in [6.45, 7) is 3.01. The molecule has 1 aromatic rings. The van der Waals surface area contributed by atoms with Crippen LogP contribution in [0.5, 0.6) is 5.75 Å². The quantitative estimate of drug-likeness (QED) is 0.714. The molecule has 0 aliphatic heterocycles. The highest BCUT2D eigenvalue weighted by Crippen LogP contribution is 2.25. The van der Waals surface area contributed by atoms with Crippen molar-refractivity contribution in [3.63, 3.8) is 0 Å². The number of nitrogens with one attached hydrogen (secondary N) is 1. The second kappa shape index (κ2) is 8.37. The Hall–Kier alpha value is -1.75. The topological polar surface area (TPSA) is 73.6 Å². The number of anilines is 1. The first-order chi connectivity index (χ1) is 9.17. The van der Waals surface area contributed by atoms with Gasteiger partial charge in [0.15, 0.2) is 0 Å². The largest absolute Gasteiger partial charge is 0.491 e. The number of ether oxygens (including phenoxy) is 2. The molecule has 1 unspecified atom stereocenters. The first-order valence-electron chi connectivity index (χ1n) is 6.43. The Labute approximate surface area is 114 Å². The predicted octanol–water partition coefficient (Wildman–Crippen LogP) is 1.78. The molecule has 0 spiro atoms. The van der Waals surface area contributed by atoms with Crippen LogP contribution in [0.25, 0.3) is 0 Å². The van der Waals surface area contributed by atoms with E-state index < -0.39 is 0 Å². The summed E-state index contributed by atoms with van der Waals surface area (Å²) in [6, 6.07) is 7.86. The first-order valence-corrected chi connectivity index (χ1v) is 6.43. The van der Waals surface area contributed by atoms with Gasteiger partial charge in [-0.25, -0.2) is 0 Å². The molecular formula is C14H22N2O3. The molecule has 0 bridgehead atoms. The molecule has 0 saturated carbocycles. The maximum absolute atomic E-state index is 10.7. The van der Waals surface area contributed by atoms with Crippen LogP contribution in [-0.2, 0) is 9.53 Å². The number of rotatable bonds is 9. The minimum absolute atomic E-state index is 0.212. The summed E-state index contributed by atoms with van der Waals surface area (Å²) in [5.74, 6) is 0.356. The van der Waals surface area contributed by atoms with Crippen LogP contribution in [0, 0.1) is 0 Å². The Morgan fingerprint density at radius 2 is 2.16 bits per heavy atom. The lowest BCUT2D eigenvalue weighted by Crippen LogP contribution is -2.24. The van der Waals surface area contributed by atoms with Crippen molar-refractivity contribution in [1.82, 2.24) is 0 Å². The Morgan fingerprint density at radius 3 is 2.79 bits per heavy atom. The number of para-hydroxylation sites is 2. The molecule has 1 rings (SSSR count). The second-order valence-corrected chi connectivity index (χ2v) is 4.27. The van der Waals surface area contributed by atoms with E-state index in [1.54, 1.807) is 7.11 Å². The van der Waals surface area contributed by atoms with E-state index in [0.29, 0.717) is 6.61 Å². The van der Waals surface area contributed by atoms with Gasteiger partial charge in [-0.2, -0.15) is 0 Å². The molecule has 0 aliphatic rings. The molecule has 5 heteroatoms. The SMILES string of the molecule is CCC(COC)Nc1ccccc1OCCC(N)=O. The van der Waals surface area contributed by atoms with Gasteiger partial charge < -0.3 is 20.5 Å². The van der Waals surface area contributed by atoms with Crippen molar-refractivity contribution in [2.45, 2.75) is 25.8 Å². The van der Waals surface area contributed by atoms with E-state index in [4.69, 9.17) is 15.2 Å². The highest BCUT2D eigenvalue weighted by atomic mass is 16.5. The molecular weight excluding hydrogens is 244 g/mol. The van der Waals surface area contributed by atoms with E-state index in [1.807, 2.05) is 24.3 Å². The lowest BCUT2D eigenvalue weighted by molar-refractivity contribution is -0.118. The number of amides is 1. The maximum Gasteiger partial charge on any atom is 0.220 e. The van der Waals surface area contributed by atoms with Gasteiger partial charge in [0, 0.05) is 13.2 Å². The van der Waals surface area contributed by atoms with Crippen molar-refractivity contribution >= 4 is 11.6 Å². The average molecular weight is 266 g/mol. The molecule has 19 heavy (non-hydrogen) atoms. The van der Waals surface area contributed by atoms with Crippen molar-refractivity contribution in [3.8, 4) is 5.75 Å². The molecule has 5 nitrogen and oxygen atoms in total. The summed E-state index contributed by atoms with van der Waals surface area (Å²) in [7, 11) is 1.68. The van der Waals surface area contributed by atoms with Gasteiger partial charge in [-0.15, -0.1) is 0 Å². The second-order valence-electron chi connectivity index (χ2n) is 4.27. The molecule has 1 aromatic carbocycles. The number of hydrogen-bond acceptors (Lipinski definition) is 4. The fourth-order valence-electron chi connectivity index (χ4n) is 1.66. The van der Waals surface area contributed by atoms with Gasteiger partial charge in [0.1, 0.15) is 5.75 Å². The van der Waals surface area contributed by atoms with E-state index >= 15 is 0 Å². The van der Waals surface area contributed by atoms with Gasteiger partial charge in [0.05, 0.1) is 25.3 Å². The smallest absolute Gasteiger partial charge is 0.220 e. The van der Waals surface area contributed by atoms with Gasteiger partial charge in [-0.1, -0.05) is 19.1 Å². The van der Waals surface area contributed by atoms with Crippen LogP contribution in [0.3, 0.4) is 0 Å². The summed E-state index contributed by atoms with van der Waals surface area (Å²) in [4.78, 5) is 10.7. The standard InChI is InChI=1S/C14H22N2O3/c1-3-11(10-18-2)16-12-6-4-5-7-13(12)19-9-8-14(15)17/h4-7,11,16H,3,8-10H2,1-2H3,(H2,15,17). The van der Waals surface area contributed by atoms with Crippen molar-refractivity contribution in [2.75, 3.05) is 25.6 Å². The van der Waals surface area contributed by atoms with Crippen molar-refractivity contribution in [2.24, 2.45) is 5.73 Å². The molecule has 0 heterocycles. The van der Waals surface area contributed by atoms with Crippen molar-refractivity contribution in [3.05, 3.63) is 24.3 Å². The van der Waals surface area contributed by atoms with Crippen LogP contribution in [0.1, 0.15) is 19.8 Å². The van der Waals surface area contributed by atoms with E-state index in [0.717, 1.165) is 17.9 Å². The molecule has 0 saturated heterocycles. The van der Waals surface area contributed by atoms with E-state index in [2.05, 4.69) is 12.2 Å². The molecule has 3 N–H and O–H groups in total. The third kappa shape index (κ3) is 5.61. The normalized spacial score (nSPS) is 11.9. The van der Waals surface area contributed by atoms with Gasteiger partial charge in [-0.05, 0) is 18.6 Å². The number of carbonyl (C=O) groups is 1. The third-order valence-electron chi connectivity index (χ3n) is 2.71. The minimum Gasteiger partial charge on any atom is -0.491 e. The monoisotopic (exact) mass is 266 g/mol. The van der Waals surface area contributed by atoms with E-state index in [-0.39, 0.29) is 25.0 Å². The lowest BCUT2D eigenvalue weighted by atomic mass is 10.2. The fraction of sp³-hybridized carbons (Fsp3) is 0.500. The molecule has 106 valence electrons. The highest BCUT2D eigenvalue weighted by Gasteiger charge is 2.09. The maximum atomic E-state index is 10.7. The Morgan fingerprint density at radius 1 is 1.42 bits per heavy atom. The van der Waals surface area contributed by atoms with Crippen LogP contribution in [0.2, 0.25) is 0 Å². The van der Waals surface area contributed by atoms with Crippen molar-refractivity contribution < 1.29 is 14.3 Å². The summed E-state index contributed by atoms with van der Waals surface area (Å²) >= 11 is 0. The highest BCUT2D eigenvalue weighted by molar-refractivity contribution is 5.73. The lowest BCUT2D eigenvalue weighted by Gasteiger charge is -2.19. The summed E-state index contributed by atoms with van der Waals surface area (Å²) in [5, 5.41) is 3.37. The molecule has 0 aliphatic carbocycles. The minimum atomic E-state index is -0.365. The van der Waals surface area contributed by atoms with Crippen LogP contribution in [0.4, 0.5) is 5.69 Å². The predicted molar refractivity (Wildman–Crippen MR) is 75.3 cm³/mol. The molecule has 1 amide bonds. The Kier molecular flexibility index (Phi) is 6.74. The number of benzene rings is 1. The third-order valence-corrected chi connectivity index (χ3v) is 2.71. The zero-order chi connectivity index (χ0) is 14.1. The van der Waals surface area contributed by atoms with Crippen LogP contribution >= 0.6 is 0 Å². The van der Waals surface area contributed by atoms with Crippen LogP contribution in [-0.4, -0.2) is 32.3 Å². The number of primary amides is 1. The van der Waals surface area contributed by atoms with Crippen LogP contribution < -0.4 is 15.8 Å². The van der Waals surface area contributed by atoms with Gasteiger partial charge >= 0.3 is 0 Å². The van der Waals surface area contributed by atoms with Gasteiger partial charge in [0.2, 0.25) is 5.91 Å². The van der Waals surface area contributed by atoms with Crippen LogP contribution in [0.15, 0.2) is 24.3 Å². The fourth-order valence-corrected chi connectivity index (χ4v) is 1.66. The number of methoxy groups -OCH3 is 1. The number of hydrogen-bond donors (Lipinski definition) is 2. The Bertz CT molecular complexity index is 396. The zero-order valence-electron chi connectivity index (χ0n) is 11.5. The Balaban J connectivity index is 2.63. The summed E-state index contributed by atoms with van der Waals surface area (Å²) < 4.78 is 10.7. The first kappa shape index (κ1) is 15.3. The molecule has 0 aromatic heterocycles. The van der Waals surface area contributed by atoms with E-state index in [9.17, 15) is 4.79 Å². The molecule has 0 fully saturated rings. The van der Waals surface area contributed by atoms with E-state index in [1.165, 1.54) is 0 Å². The number of nitrogens with two attached hydrogens (primary N) is 1. The van der Waals surface area contributed by atoms with Gasteiger partial charge in [-0.3, -0.25) is 4.79 Å². The average Bonchev–Trinajstić information content (AvgIpc) is 2.39. The summed E-state index contributed by atoms with van der Waals surface area (Å²) in [5.41, 5.74) is 5.98. The molecule has 1 atom stereocenters. The zero-order valence-corrected chi connectivity index (χ0v) is 11.5. The van der Waals surface area contributed by atoms with Crippen molar-refractivity contribution in [1.29, 1.82) is 0 Å². The number of carbonyl (C=O) groups excluding carboxylic acids is 1. The van der Waals surface area contributed by atoms with Gasteiger partial charge in [0.25, 0.3) is 0 Å². The summed E-state index contributed by atoms with van der Waals surface area (Å²) in [6.07, 6.45) is 1.16. The molecule has 0 radical (unpaired) electrons.